The molecule has 1 aliphatic carbocycles. The maximum absolute atomic E-state index is 13.6. The molecule has 1 heterocycles. The highest BCUT2D eigenvalue weighted by atomic mass is 35.5. The quantitative estimate of drug-likeness (QED) is 0.235. The Morgan fingerprint density at radius 1 is 0.744 bits per heavy atom. The van der Waals surface area contributed by atoms with E-state index in [2.05, 4.69) is 0 Å². The van der Waals surface area contributed by atoms with Gasteiger partial charge in [-0.3, -0.25) is 19.3 Å². The predicted molar refractivity (Wildman–Crippen MR) is 152 cm³/mol. The van der Waals surface area contributed by atoms with Gasteiger partial charge in [0.2, 0.25) is 6.10 Å². The second-order valence-electron chi connectivity index (χ2n) is 9.69. The van der Waals surface area contributed by atoms with Gasteiger partial charge in [0.05, 0.1) is 5.02 Å². The van der Waals surface area contributed by atoms with Crippen molar-refractivity contribution in [2.75, 3.05) is 23.9 Å². The van der Waals surface area contributed by atoms with E-state index >= 15 is 0 Å². The summed E-state index contributed by atoms with van der Waals surface area (Å²) in [6.45, 7) is 0. The molecule has 0 N–H and O–H groups in total. The number of hydrogen-bond donors (Lipinski definition) is 0. The molecule has 1 saturated heterocycles. The van der Waals surface area contributed by atoms with Gasteiger partial charge in [0.15, 0.2) is 11.6 Å². The van der Waals surface area contributed by atoms with E-state index in [1.54, 1.807) is 65.6 Å². The Labute approximate surface area is 235 Å². The number of carbonyl (C=O) groups excluding carboxylic acids is 3. The van der Waals surface area contributed by atoms with E-state index in [1.165, 1.54) is 0 Å². The largest absolute Gasteiger partial charge is 0.476 e. The molecule has 6 rings (SSSR count). The van der Waals surface area contributed by atoms with Gasteiger partial charge in [-0.05, 0) is 54.1 Å². The topological polar surface area (TPSA) is 66.9 Å². The Bertz CT molecular complexity index is 1670. The lowest BCUT2D eigenvalue weighted by Gasteiger charge is -2.47. The molecule has 1 fully saturated rings. The molecule has 1 amide bonds. The first-order chi connectivity index (χ1) is 18.7. The van der Waals surface area contributed by atoms with Crippen LogP contribution in [0.4, 0.5) is 11.4 Å². The van der Waals surface area contributed by atoms with Crippen molar-refractivity contribution < 1.29 is 19.1 Å². The van der Waals surface area contributed by atoms with Gasteiger partial charge in [-0.2, -0.15) is 0 Å². The fraction of sp³-hybridized carbons (Fsp3) is 0.129. The number of β-lactam (4-membered cyclic amide) rings is 1. The van der Waals surface area contributed by atoms with Crippen LogP contribution >= 0.6 is 23.2 Å². The average molecular weight is 557 g/mol. The number of amides is 1. The molecule has 4 aromatic carbocycles. The van der Waals surface area contributed by atoms with Crippen molar-refractivity contribution in [3.63, 3.8) is 0 Å². The van der Waals surface area contributed by atoms with Crippen molar-refractivity contribution in [1.82, 2.24) is 0 Å². The van der Waals surface area contributed by atoms with Gasteiger partial charge in [0.1, 0.15) is 11.8 Å². The third kappa shape index (κ3) is 4.17. The Balaban J connectivity index is 1.40. The van der Waals surface area contributed by atoms with Crippen LogP contribution in [0.15, 0.2) is 84.9 Å². The van der Waals surface area contributed by atoms with Crippen LogP contribution in [0.25, 0.3) is 0 Å². The maximum atomic E-state index is 13.6. The minimum atomic E-state index is -0.858. The van der Waals surface area contributed by atoms with Gasteiger partial charge in [-0.1, -0.05) is 59.6 Å². The first kappa shape index (κ1) is 25.2. The number of carbonyl (C=O) groups is 3. The minimum Gasteiger partial charge on any atom is -0.476 e. The summed E-state index contributed by atoms with van der Waals surface area (Å²) in [5.41, 5.74) is 3.69. The molecule has 2 aliphatic rings. The highest BCUT2D eigenvalue weighted by molar-refractivity contribution is 6.35. The SMILES string of the molecule is CN(C)c1ccc(C2C(Oc3ccc(Cl)cc3Cl)C(=O)N2c2ccc3c(c2)C(=O)c2ccccc2C3=O)cc1. The highest BCUT2D eigenvalue weighted by Crippen LogP contribution is 2.44. The average Bonchev–Trinajstić information content (AvgIpc) is 2.94. The molecule has 0 bridgehead atoms. The number of ether oxygens (including phenoxy) is 1. The summed E-state index contributed by atoms with van der Waals surface area (Å²) in [5.74, 6) is -0.409. The van der Waals surface area contributed by atoms with E-state index in [0.29, 0.717) is 38.2 Å². The number of rotatable bonds is 5. The van der Waals surface area contributed by atoms with E-state index in [-0.39, 0.29) is 23.0 Å². The maximum Gasteiger partial charge on any atom is 0.271 e. The number of fused-ring (bicyclic) bond motifs is 2. The van der Waals surface area contributed by atoms with Gasteiger partial charge in [-0.15, -0.1) is 0 Å². The van der Waals surface area contributed by atoms with Crippen LogP contribution in [0, 0.1) is 0 Å². The van der Waals surface area contributed by atoms with Crippen LogP contribution in [0.2, 0.25) is 10.0 Å². The molecule has 0 spiro atoms. The lowest BCUT2D eigenvalue weighted by atomic mass is 9.83. The molecule has 2 unspecified atom stereocenters. The zero-order chi connectivity index (χ0) is 27.4. The van der Waals surface area contributed by atoms with Crippen molar-refractivity contribution in [3.8, 4) is 5.75 Å². The van der Waals surface area contributed by atoms with E-state index in [9.17, 15) is 14.4 Å². The Morgan fingerprint density at radius 2 is 1.38 bits per heavy atom. The molecule has 0 aromatic heterocycles. The first-order valence-electron chi connectivity index (χ1n) is 12.3. The standard InChI is InChI=1S/C31H22Cl2N2O4/c1-34(2)19-10-7-17(8-11-19)27-30(39-26-14-9-18(32)15-25(26)33)31(38)35(27)20-12-13-23-24(16-20)29(37)22-6-4-3-5-21(22)28(23)36/h3-16,27,30H,1-2H3. The van der Waals surface area contributed by atoms with Crippen molar-refractivity contribution in [1.29, 1.82) is 0 Å². The third-order valence-corrected chi connectivity index (χ3v) is 7.66. The first-order valence-corrected chi connectivity index (χ1v) is 13.0. The molecule has 8 heteroatoms. The van der Waals surface area contributed by atoms with Gasteiger partial charge in [-0.25, -0.2) is 0 Å². The molecule has 39 heavy (non-hydrogen) atoms. The van der Waals surface area contributed by atoms with Crippen LogP contribution in [0.1, 0.15) is 43.4 Å². The fourth-order valence-corrected chi connectivity index (χ4v) is 5.56. The van der Waals surface area contributed by atoms with Crippen LogP contribution in [-0.2, 0) is 4.79 Å². The summed E-state index contributed by atoms with van der Waals surface area (Å²) in [6, 6.07) is 23.9. The summed E-state index contributed by atoms with van der Waals surface area (Å²) in [5, 5.41) is 0.756. The smallest absolute Gasteiger partial charge is 0.271 e. The summed E-state index contributed by atoms with van der Waals surface area (Å²) in [6.07, 6.45) is -0.858. The lowest BCUT2D eigenvalue weighted by Crippen LogP contribution is -2.61. The van der Waals surface area contributed by atoms with E-state index < -0.39 is 12.1 Å². The normalized spacial score (nSPS) is 17.8. The summed E-state index contributed by atoms with van der Waals surface area (Å²) in [7, 11) is 3.90. The van der Waals surface area contributed by atoms with E-state index in [1.807, 2.05) is 43.3 Å². The monoisotopic (exact) mass is 556 g/mol. The van der Waals surface area contributed by atoms with Crippen molar-refractivity contribution in [2.45, 2.75) is 12.1 Å². The fourth-order valence-electron chi connectivity index (χ4n) is 5.10. The Morgan fingerprint density at radius 3 is 2.03 bits per heavy atom. The zero-order valence-electron chi connectivity index (χ0n) is 21.0. The number of benzene rings is 4. The van der Waals surface area contributed by atoms with Gasteiger partial charge in [0.25, 0.3) is 5.91 Å². The van der Waals surface area contributed by atoms with Crippen molar-refractivity contribution in [2.24, 2.45) is 0 Å². The molecule has 2 atom stereocenters. The number of ketones is 2. The van der Waals surface area contributed by atoms with Gasteiger partial charge < -0.3 is 9.64 Å². The van der Waals surface area contributed by atoms with Crippen molar-refractivity contribution >= 4 is 52.1 Å². The molecular formula is C31H22Cl2N2O4. The molecule has 0 saturated carbocycles. The predicted octanol–water partition coefficient (Wildman–Crippen LogP) is 6.37. The molecule has 6 nitrogen and oxygen atoms in total. The van der Waals surface area contributed by atoms with E-state index in [4.69, 9.17) is 27.9 Å². The second kappa shape index (κ2) is 9.56. The Hall–Kier alpha value is -4.13. The van der Waals surface area contributed by atoms with Gasteiger partial charge >= 0.3 is 0 Å². The zero-order valence-corrected chi connectivity index (χ0v) is 22.5. The third-order valence-electron chi connectivity index (χ3n) is 7.13. The second-order valence-corrected chi connectivity index (χ2v) is 10.5. The minimum absolute atomic E-state index is 0.212. The molecule has 1 aliphatic heterocycles. The molecular weight excluding hydrogens is 535 g/mol. The number of hydrogen-bond acceptors (Lipinski definition) is 5. The van der Waals surface area contributed by atoms with Crippen LogP contribution < -0.4 is 14.5 Å². The summed E-state index contributed by atoms with van der Waals surface area (Å²) >= 11 is 12.4. The lowest BCUT2D eigenvalue weighted by molar-refractivity contribution is -0.135. The highest BCUT2D eigenvalue weighted by Gasteiger charge is 2.51. The van der Waals surface area contributed by atoms with Crippen LogP contribution in [0.5, 0.6) is 5.75 Å². The number of nitrogens with zero attached hydrogens (tertiary/aromatic N) is 2. The van der Waals surface area contributed by atoms with Gasteiger partial charge in [0, 0.05) is 52.7 Å². The molecule has 194 valence electrons. The summed E-state index contributed by atoms with van der Waals surface area (Å²) < 4.78 is 6.13. The van der Waals surface area contributed by atoms with Crippen molar-refractivity contribution in [3.05, 3.63) is 123 Å². The van der Waals surface area contributed by atoms with Crippen LogP contribution in [-0.4, -0.2) is 37.7 Å². The molecule has 0 radical (unpaired) electrons. The van der Waals surface area contributed by atoms with E-state index in [0.717, 1.165) is 11.3 Å². The molecule has 4 aromatic rings. The van der Waals surface area contributed by atoms with Crippen LogP contribution in [0.3, 0.4) is 0 Å². The number of anilines is 2. The Kier molecular flexibility index (Phi) is 6.17. The summed E-state index contributed by atoms with van der Waals surface area (Å²) in [4.78, 5) is 43.6. The number of halogens is 2.